The number of aliphatic imine (C=N–C) groups is 1. The lowest BCUT2D eigenvalue weighted by atomic mass is 9.99. The lowest BCUT2D eigenvalue weighted by Crippen LogP contribution is -2.63. The normalized spacial score (nSPS) is 27.8. The van der Waals surface area contributed by atoms with Crippen molar-refractivity contribution in [1.29, 1.82) is 0 Å². The fourth-order valence-electron chi connectivity index (χ4n) is 3.70. The molecule has 5 heteroatoms. The monoisotopic (exact) mass is 329 g/mol. The molecule has 4 rings (SSSR count). The van der Waals surface area contributed by atoms with E-state index in [-0.39, 0.29) is 0 Å². The summed E-state index contributed by atoms with van der Waals surface area (Å²) in [5.74, 6) is 1.37. The second kappa shape index (κ2) is 7.99. The number of hydrogen-bond acceptors (Lipinski definition) is 3. The number of nitrogens with one attached hydrogen (secondary N) is 2. The van der Waals surface area contributed by atoms with E-state index in [4.69, 9.17) is 0 Å². The summed E-state index contributed by atoms with van der Waals surface area (Å²) in [6.07, 6.45) is 0. The van der Waals surface area contributed by atoms with Crippen molar-refractivity contribution in [3.63, 3.8) is 0 Å². The second-order valence-corrected chi connectivity index (χ2v) is 7.14. The molecule has 0 spiro atoms. The summed E-state index contributed by atoms with van der Waals surface area (Å²) in [7, 11) is 1.85. The number of hydrogen-bond donors (Lipinski definition) is 2. The zero-order chi connectivity index (χ0) is 16.9. The summed E-state index contributed by atoms with van der Waals surface area (Å²) in [6, 6.07) is 9.36. The average molecular weight is 329 g/mol. The summed E-state index contributed by atoms with van der Waals surface area (Å²) in [5.41, 5.74) is 2.69. The van der Waals surface area contributed by atoms with Crippen LogP contribution in [0.2, 0.25) is 0 Å². The molecule has 132 valence electrons. The van der Waals surface area contributed by atoms with E-state index in [1.165, 1.54) is 43.9 Å². The highest BCUT2D eigenvalue weighted by Crippen LogP contribution is 2.16. The zero-order valence-electron chi connectivity index (χ0n) is 15.3. The molecular formula is C19H31N5. The van der Waals surface area contributed by atoms with Crippen molar-refractivity contribution in [3.05, 3.63) is 35.4 Å². The molecule has 3 aliphatic heterocycles. The molecule has 3 aliphatic rings. The fourth-order valence-corrected chi connectivity index (χ4v) is 3.70. The Morgan fingerprint density at radius 3 is 2.67 bits per heavy atom. The predicted octanol–water partition coefficient (Wildman–Crippen LogP) is 1.26. The van der Waals surface area contributed by atoms with Gasteiger partial charge in [0.15, 0.2) is 5.96 Å². The van der Waals surface area contributed by atoms with Crippen LogP contribution in [0.3, 0.4) is 0 Å². The molecule has 0 saturated carbocycles. The van der Waals surface area contributed by atoms with E-state index < -0.39 is 0 Å². The maximum Gasteiger partial charge on any atom is 0.191 e. The molecule has 3 saturated heterocycles. The van der Waals surface area contributed by atoms with Crippen LogP contribution < -0.4 is 10.6 Å². The van der Waals surface area contributed by atoms with Gasteiger partial charge in [-0.05, 0) is 18.4 Å². The molecular weight excluding hydrogens is 298 g/mol. The molecule has 1 aromatic carbocycles. The van der Waals surface area contributed by atoms with Crippen LogP contribution in [0.25, 0.3) is 0 Å². The number of rotatable bonds is 5. The van der Waals surface area contributed by atoms with E-state index in [1.807, 2.05) is 7.05 Å². The second-order valence-electron chi connectivity index (χ2n) is 7.14. The Morgan fingerprint density at radius 1 is 1.25 bits per heavy atom. The largest absolute Gasteiger partial charge is 0.356 e. The third-order valence-electron chi connectivity index (χ3n) is 5.31. The number of benzene rings is 1. The van der Waals surface area contributed by atoms with Gasteiger partial charge in [0, 0.05) is 58.9 Å². The van der Waals surface area contributed by atoms with Gasteiger partial charge in [0.25, 0.3) is 0 Å². The Balaban J connectivity index is 1.45. The number of nitrogens with zero attached hydrogens (tertiary/aromatic N) is 3. The molecule has 0 aliphatic carbocycles. The summed E-state index contributed by atoms with van der Waals surface area (Å²) in [6.45, 7) is 12.3. The molecule has 2 unspecified atom stereocenters. The summed E-state index contributed by atoms with van der Waals surface area (Å²) < 4.78 is 0. The zero-order valence-corrected chi connectivity index (χ0v) is 15.3. The first-order valence-corrected chi connectivity index (χ1v) is 9.13. The standard InChI is InChI=1S/C19H31N5/c1-15-5-4-6-17(11-15)16(2)12-21-19(20-3)22-13-18-14-23-7-9-24(18)10-8-23/h4-6,11,16,18H,7-10,12-14H2,1-3H3,(H2,20,21,22). The molecule has 3 fully saturated rings. The Hall–Kier alpha value is -1.59. The SMILES string of the molecule is CN=C(NCC(C)c1cccc(C)c1)NCC1CN2CCN1CC2. The average Bonchev–Trinajstić information content (AvgIpc) is 2.62. The van der Waals surface area contributed by atoms with Gasteiger partial charge in [-0.1, -0.05) is 36.8 Å². The molecule has 1 aromatic rings. The number of guanidine groups is 1. The molecule has 0 radical (unpaired) electrons. The van der Waals surface area contributed by atoms with Crippen molar-refractivity contribution in [2.45, 2.75) is 25.8 Å². The van der Waals surface area contributed by atoms with Crippen LogP contribution >= 0.6 is 0 Å². The van der Waals surface area contributed by atoms with Gasteiger partial charge >= 0.3 is 0 Å². The van der Waals surface area contributed by atoms with Gasteiger partial charge in [0.1, 0.15) is 0 Å². The van der Waals surface area contributed by atoms with Crippen LogP contribution in [-0.2, 0) is 0 Å². The molecule has 2 N–H and O–H groups in total. The quantitative estimate of drug-likeness (QED) is 0.631. The van der Waals surface area contributed by atoms with Gasteiger partial charge in [-0.15, -0.1) is 0 Å². The van der Waals surface area contributed by atoms with Crippen LogP contribution in [0, 0.1) is 6.92 Å². The Labute approximate surface area is 146 Å². The van der Waals surface area contributed by atoms with Gasteiger partial charge < -0.3 is 10.6 Å². The van der Waals surface area contributed by atoms with Crippen molar-refractivity contribution >= 4 is 5.96 Å². The fraction of sp³-hybridized carbons (Fsp3) is 0.632. The van der Waals surface area contributed by atoms with Crippen LogP contribution in [0.5, 0.6) is 0 Å². The van der Waals surface area contributed by atoms with E-state index in [2.05, 4.69) is 63.5 Å². The summed E-state index contributed by atoms with van der Waals surface area (Å²) >= 11 is 0. The third-order valence-corrected chi connectivity index (χ3v) is 5.31. The first-order valence-electron chi connectivity index (χ1n) is 9.13. The minimum Gasteiger partial charge on any atom is -0.356 e. The molecule has 3 heterocycles. The number of fused-ring (bicyclic) bond motifs is 3. The van der Waals surface area contributed by atoms with Crippen molar-refractivity contribution < 1.29 is 0 Å². The number of aryl methyl sites for hydroxylation is 1. The Morgan fingerprint density at radius 2 is 2.04 bits per heavy atom. The highest BCUT2D eigenvalue weighted by atomic mass is 15.4. The molecule has 0 aromatic heterocycles. The molecule has 2 atom stereocenters. The van der Waals surface area contributed by atoms with Gasteiger partial charge in [0.2, 0.25) is 0 Å². The highest BCUT2D eigenvalue weighted by Gasteiger charge is 2.31. The predicted molar refractivity (Wildman–Crippen MR) is 101 cm³/mol. The Bertz CT molecular complexity index is 563. The molecule has 5 nitrogen and oxygen atoms in total. The van der Waals surface area contributed by atoms with Crippen LogP contribution in [-0.4, -0.2) is 74.7 Å². The van der Waals surface area contributed by atoms with Crippen LogP contribution in [0.15, 0.2) is 29.3 Å². The van der Waals surface area contributed by atoms with Crippen LogP contribution in [0.1, 0.15) is 24.0 Å². The molecule has 2 bridgehead atoms. The minimum atomic E-state index is 0.462. The van der Waals surface area contributed by atoms with E-state index in [0.717, 1.165) is 19.0 Å². The van der Waals surface area contributed by atoms with Gasteiger partial charge in [-0.25, -0.2) is 0 Å². The van der Waals surface area contributed by atoms with Crippen LogP contribution in [0.4, 0.5) is 0 Å². The smallest absolute Gasteiger partial charge is 0.191 e. The first-order chi connectivity index (χ1) is 11.7. The van der Waals surface area contributed by atoms with E-state index in [0.29, 0.717) is 12.0 Å². The molecule has 24 heavy (non-hydrogen) atoms. The van der Waals surface area contributed by atoms with Crippen molar-refractivity contribution in [2.24, 2.45) is 4.99 Å². The maximum absolute atomic E-state index is 4.38. The highest BCUT2D eigenvalue weighted by molar-refractivity contribution is 5.79. The summed E-state index contributed by atoms with van der Waals surface area (Å²) in [5, 5.41) is 6.99. The van der Waals surface area contributed by atoms with E-state index >= 15 is 0 Å². The minimum absolute atomic E-state index is 0.462. The lowest BCUT2D eigenvalue weighted by Gasteiger charge is -2.47. The lowest BCUT2D eigenvalue weighted by molar-refractivity contribution is 0.0154. The topological polar surface area (TPSA) is 42.9 Å². The maximum atomic E-state index is 4.38. The van der Waals surface area contributed by atoms with E-state index in [1.54, 1.807) is 0 Å². The third kappa shape index (κ3) is 4.28. The molecule has 0 amide bonds. The van der Waals surface area contributed by atoms with Crippen molar-refractivity contribution in [2.75, 3.05) is 52.9 Å². The van der Waals surface area contributed by atoms with Gasteiger partial charge in [-0.3, -0.25) is 14.8 Å². The summed E-state index contributed by atoms with van der Waals surface area (Å²) in [4.78, 5) is 9.56. The Kier molecular flexibility index (Phi) is 5.74. The van der Waals surface area contributed by atoms with Gasteiger partial charge in [0.05, 0.1) is 0 Å². The number of piperazine rings is 3. The van der Waals surface area contributed by atoms with E-state index in [9.17, 15) is 0 Å². The first kappa shape index (κ1) is 17.2. The van der Waals surface area contributed by atoms with Gasteiger partial charge in [-0.2, -0.15) is 0 Å². The van der Waals surface area contributed by atoms with Crippen molar-refractivity contribution in [3.8, 4) is 0 Å². The van der Waals surface area contributed by atoms with Crippen molar-refractivity contribution in [1.82, 2.24) is 20.4 Å².